The highest BCUT2D eigenvalue weighted by atomic mass is 32.2. The first-order chi connectivity index (χ1) is 25.5. The Bertz CT molecular complexity index is 2530. The Kier molecular flexibility index (Phi) is 9.76. The van der Waals surface area contributed by atoms with Crippen LogP contribution in [0, 0.1) is 0 Å². The van der Waals surface area contributed by atoms with E-state index in [1.165, 1.54) is 36.4 Å². The number of carboxylic acids is 2. The zero-order chi connectivity index (χ0) is 38.9. The quantitative estimate of drug-likeness (QED) is 0.0565. The van der Waals surface area contributed by atoms with E-state index in [9.17, 15) is 55.3 Å². The van der Waals surface area contributed by atoms with E-state index in [0.29, 0.717) is 11.1 Å². The van der Waals surface area contributed by atoms with E-state index < -0.39 is 64.7 Å². The number of carbonyl (C=O) groups excluding carboxylic acids is 2. The number of hydrogen-bond acceptors (Lipinski definition) is 12. The molecule has 272 valence electrons. The fourth-order valence-corrected chi connectivity index (χ4v) is 6.94. The number of anilines is 2. The number of benzene rings is 4. The maximum atomic E-state index is 12.6. The van der Waals surface area contributed by atoms with Crippen LogP contribution in [0.1, 0.15) is 43.0 Å². The fourth-order valence-electron chi connectivity index (χ4n) is 5.52. The summed E-state index contributed by atoms with van der Waals surface area (Å²) in [4.78, 5) is 47.2. The van der Waals surface area contributed by atoms with Gasteiger partial charge in [-0.15, -0.1) is 0 Å². The van der Waals surface area contributed by atoms with Crippen LogP contribution in [-0.4, -0.2) is 71.1 Å². The maximum absolute atomic E-state index is 12.6. The Labute approximate surface area is 305 Å². The largest absolute Gasteiger partial charge is 0.478 e. The van der Waals surface area contributed by atoms with Crippen molar-refractivity contribution in [2.24, 2.45) is 10.2 Å². The van der Waals surface area contributed by atoms with Gasteiger partial charge in [-0.25, -0.2) is 9.59 Å². The van der Waals surface area contributed by atoms with Gasteiger partial charge in [-0.05, 0) is 47.5 Å². The number of hydrazone groups is 2. The molecule has 0 aromatic heterocycles. The summed E-state index contributed by atoms with van der Waals surface area (Å²) in [6, 6.07) is 19.5. The minimum absolute atomic E-state index is 0.0258. The average Bonchev–Trinajstić information content (AvgIpc) is 3.13. The highest BCUT2D eigenvalue weighted by Crippen LogP contribution is 2.28. The molecule has 0 bridgehead atoms. The lowest BCUT2D eigenvalue weighted by atomic mass is 9.89. The molecule has 0 aliphatic heterocycles. The Balaban J connectivity index is 1.30. The maximum Gasteiger partial charge on any atom is 0.339 e. The van der Waals surface area contributed by atoms with Gasteiger partial charge >= 0.3 is 11.9 Å². The number of hydrogen-bond donors (Lipinski definition) is 6. The number of rotatable bonds is 10. The third kappa shape index (κ3) is 7.52. The van der Waals surface area contributed by atoms with Gasteiger partial charge in [0.1, 0.15) is 20.9 Å². The summed E-state index contributed by atoms with van der Waals surface area (Å²) >= 11 is 0. The number of allylic oxidation sites excluding steroid dienone is 2. The van der Waals surface area contributed by atoms with Crippen molar-refractivity contribution < 1.29 is 55.3 Å². The van der Waals surface area contributed by atoms with Gasteiger partial charge in [0, 0.05) is 22.3 Å². The third-order valence-electron chi connectivity index (χ3n) is 8.04. The van der Waals surface area contributed by atoms with Gasteiger partial charge in [0.2, 0.25) is 11.6 Å². The van der Waals surface area contributed by atoms with Crippen LogP contribution in [0.25, 0.3) is 12.2 Å². The molecule has 0 radical (unpaired) electrons. The van der Waals surface area contributed by atoms with Crippen LogP contribution in [0.5, 0.6) is 0 Å². The summed E-state index contributed by atoms with van der Waals surface area (Å²) in [7, 11) is -9.81. The Morgan fingerprint density at radius 1 is 0.556 bits per heavy atom. The molecule has 4 aromatic rings. The van der Waals surface area contributed by atoms with Gasteiger partial charge in [-0.2, -0.15) is 27.0 Å². The zero-order valence-corrected chi connectivity index (χ0v) is 28.8. The molecule has 0 saturated carbocycles. The fraction of sp³-hybridized carbons (Fsp3) is 0. The Hall–Kier alpha value is -6.86. The van der Waals surface area contributed by atoms with Crippen molar-refractivity contribution in [3.63, 3.8) is 0 Å². The predicted molar refractivity (Wildman–Crippen MR) is 195 cm³/mol. The zero-order valence-electron chi connectivity index (χ0n) is 27.2. The first-order valence-corrected chi connectivity index (χ1v) is 18.2. The Morgan fingerprint density at radius 2 is 0.907 bits per heavy atom. The number of ketones is 2. The van der Waals surface area contributed by atoms with Gasteiger partial charge < -0.3 is 10.2 Å². The molecule has 4 aromatic carbocycles. The topological polar surface area (TPSA) is 266 Å². The molecular weight excluding hydrogens is 745 g/mol. The number of carbonyl (C=O) groups is 4. The van der Waals surface area contributed by atoms with Crippen LogP contribution in [0.3, 0.4) is 0 Å². The summed E-state index contributed by atoms with van der Waals surface area (Å²) in [6.45, 7) is 0. The van der Waals surface area contributed by atoms with Crippen molar-refractivity contribution in [2.75, 3.05) is 10.9 Å². The van der Waals surface area contributed by atoms with Crippen LogP contribution in [-0.2, 0) is 29.8 Å². The van der Waals surface area contributed by atoms with Crippen molar-refractivity contribution >= 4 is 78.7 Å². The minimum atomic E-state index is -4.91. The van der Waals surface area contributed by atoms with Crippen LogP contribution >= 0.6 is 0 Å². The van der Waals surface area contributed by atoms with E-state index >= 15 is 0 Å². The van der Waals surface area contributed by atoms with Crippen molar-refractivity contribution in [2.45, 2.75) is 9.79 Å². The smallest absolute Gasteiger partial charge is 0.339 e. The molecule has 2 aliphatic carbocycles. The molecule has 16 nitrogen and oxygen atoms in total. The molecule has 6 rings (SSSR count). The van der Waals surface area contributed by atoms with E-state index in [0.717, 1.165) is 36.4 Å². The summed E-state index contributed by atoms with van der Waals surface area (Å²) in [5.41, 5.74) is 4.88. The number of Topliss-reactive ketones (excluding diaryl/α,β-unsaturated/α-hetero) is 2. The predicted octanol–water partition coefficient (Wildman–Crippen LogP) is 4.40. The van der Waals surface area contributed by atoms with Gasteiger partial charge in [0.25, 0.3) is 20.2 Å². The lowest BCUT2D eigenvalue weighted by Gasteiger charge is -2.15. The van der Waals surface area contributed by atoms with Gasteiger partial charge in [0.05, 0.1) is 22.8 Å². The van der Waals surface area contributed by atoms with Gasteiger partial charge in [-0.3, -0.25) is 29.5 Å². The van der Waals surface area contributed by atoms with Gasteiger partial charge in [0.15, 0.2) is 0 Å². The monoisotopic (exact) mass is 768 g/mol. The van der Waals surface area contributed by atoms with Crippen LogP contribution in [0.15, 0.2) is 128 Å². The van der Waals surface area contributed by atoms with Crippen molar-refractivity contribution in [3.05, 3.63) is 142 Å². The summed E-state index contributed by atoms with van der Waals surface area (Å²) in [6.07, 6.45) is 4.44. The number of nitrogens with zero attached hydrogens (tertiary/aromatic N) is 2. The number of aliphatic carboxylic acids is 2. The highest BCUT2D eigenvalue weighted by molar-refractivity contribution is 7.86. The van der Waals surface area contributed by atoms with Crippen molar-refractivity contribution in [1.29, 1.82) is 0 Å². The Morgan fingerprint density at radius 3 is 1.24 bits per heavy atom. The summed E-state index contributed by atoms with van der Waals surface area (Å²) < 4.78 is 69.6. The van der Waals surface area contributed by atoms with Crippen molar-refractivity contribution in [1.82, 2.24) is 0 Å². The average molecular weight is 769 g/mol. The normalized spacial score (nSPS) is 15.7. The molecule has 0 unspecified atom stereocenters. The van der Waals surface area contributed by atoms with Gasteiger partial charge in [-0.1, -0.05) is 72.8 Å². The second-order valence-corrected chi connectivity index (χ2v) is 14.3. The number of nitrogens with one attached hydrogen (secondary N) is 2. The molecule has 2 aliphatic rings. The molecule has 0 amide bonds. The SMILES string of the molecule is O=C(O)C1=CC(=NNc2ccc(C=Cc3ccc(NN=C4C=C(C(=O)O)C(=O)c5ccccc54)cc3S(=O)(=O)O)c(S(=O)(=O)O)c2)c2ccccc2C1=O. The van der Waals surface area contributed by atoms with Crippen molar-refractivity contribution in [3.8, 4) is 0 Å². The molecular formula is C36H24N4O12S2. The number of fused-ring (bicyclic) bond motifs is 2. The van der Waals surface area contributed by atoms with Crippen LogP contribution < -0.4 is 10.9 Å². The van der Waals surface area contributed by atoms with E-state index in [-0.39, 0.29) is 45.1 Å². The third-order valence-corrected chi connectivity index (χ3v) is 9.86. The molecule has 18 heteroatoms. The molecule has 6 N–H and O–H groups in total. The standard InChI is InChI=1S/C36H24N4O12S2/c41-33-25-7-3-1-5-23(25)29(17-27(33)35(43)44)39-37-21-13-11-19(31(15-21)53(47,48)49)9-10-20-12-14-22(16-32(20)54(50,51)52)38-40-30-18-28(36(45)46)34(42)26-8-4-2-6-24(26)30/h1-18,37-38H,(H,43,44)(H,45,46)(H,47,48,49)(H,50,51,52). The highest BCUT2D eigenvalue weighted by Gasteiger charge is 2.29. The molecule has 54 heavy (non-hydrogen) atoms. The van der Waals surface area contributed by atoms with E-state index in [2.05, 4.69) is 21.1 Å². The summed E-state index contributed by atoms with van der Waals surface area (Å²) in [5.74, 6) is -4.36. The molecule has 0 heterocycles. The van der Waals surface area contributed by atoms with Crippen LogP contribution in [0.2, 0.25) is 0 Å². The summed E-state index contributed by atoms with van der Waals surface area (Å²) in [5, 5.41) is 27.3. The second-order valence-electron chi connectivity index (χ2n) is 11.5. The molecule has 0 atom stereocenters. The lowest BCUT2D eigenvalue weighted by Crippen LogP contribution is -2.22. The van der Waals surface area contributed by atoms with E-state index in [4.69, 9.17) is 0 Å². The first-order valence-electron chi connectivity index (χ1n) is 15.3. The molecule has 0 saturated heterocycles. The van der Waals surface area contributed by atoms with E-state index in [1.807, 2.05) is 0 Å². The first kappa shape index (κ1) is 36.9. The minimum Gasteiger partial charge on any atom is -0.478 e. The van der Waals surface area contributed by atoms with E-state index in [1.54, 1.807) is 36.4 Å². The second kappa shape index (κ2) is 14.3. The molecule has 0 fully saturated rings. The lowest BCUT2D eigenvalue weighted by molar-refractivity contribution is -0.133. The molecule has 0 spiro atoms. The van der Waals surface area contributed by atoms with Crippen LogP contribution in [0.4, 0.5) is 11.4 Å². The number of carboxylic acid groups (broad SMARTS) is 2.